The molecule has 0 saturated heterocycles. The Balaban J connectivity index is 0.810. The Morgan fingerprint density at radius 2 is 0.651 bits per heavy atom. The Bertz CT molecular complexity index is 4200. The van der Waals surface area contributed by atoms with Gasteiger partial charge in [0.25, 0.3) is 0 Å². The van der Waals surface area contributed by atoms with Crippen LogP contribution in [0.4, 0.5) is 11.4 Å². The van der Waals surface area contributed by atoms with Gasteiger partial charge in [-0.1, -0.05) is 82.8 Å². The number of rotatable bonds is 24. The van der Waals surface area contributed by atoms with E-state index in [1.807, 2.05) is 65.8 Å². The van der Waals surface area contributed by atoms with Crippen LogP contribution >= 0.6 is 0 Å². The SMILES string of the molecule is C=CC(C)(Oc1ccc(Oc2ccc(S(=O)(=O)c3ccc(C(C)(CC)Oc4cccc(N)c4)cc3)cc2)cc1)C(C)(CC)c1ccc(S(=O)(=O)c2ccc(OC(C)(CC)c3ccc(S(=O)(=O)c4ccc(Oc5cccc(N)c5)cc4)cc3)cc2)cc1. The van der Waals surface area contributed by atoms with Crippen LogP contribution in [0.2, 0.25) is 0 Å². The summed E-state index contributed by atoms with van der Waals surface area (Å²) in [4.78, 5) is 0.682. The molecule has 0 aliphatic heterocycles. The molecule has 0 bridgehead atoms. The van der Waals surface area contributed by atoms with E-state index in [9.17, 15) is 25.3 Å². The molecule has 0 aliphatic carbocycles. The van der Waals surface area contributed by atoms with Crippen molar-refractivity contribution in [2.75, 3.05) is 11.5 Å². The predicted octanol–water partition coefficient (Wildman–Crippen LogP) is 16.0. The molecule has 13 nitrogen and oxygen atoms in total. The maximum absolute atomic E-state index is 14.1. The minimum atomic E-state index is -3.96. The molecule has 9 aromatic rings. The minimum absolute atomic E-state index is 0.0836. The molecule has 0 aliphatic rings. The minimum Gasteiger partial charge on any atom is -0.483 e. The van der Waals surface area contributed by atoms with Crippen LogP contribution in [0.5, 0.6) is 40.2 Å². The van der Waals surface area contributed by atoms with Gasteiger partial charge in [-0.3, -0.25) is 0 Å². The highest BCUT2D eigenvalue weighted by molar-refractivity contribution is 7.92. The van der Waals surface area contributed by atoms with E-state index in [-0.39, 0.29) is 29.4 Å². The van der Waals surface area contributed by atoms with Gasteiger partial charge >= 0.3 is 0 Å². The maximum Gasteiger partial charge on any atom is 0.206 e. The van der Waals surface area contributed by atoms with E-state index in [0.29, 0.717) is 70.9 Å². The third-order valence-corrected chi connectivity index (χ3v) is 21.7. The summed E-state index contributed by atoms with van der Waals surface area (Å²) in [6.45, 7) is 18.0. The number of nitrogens with two attached hydrogens (primary N) is 2. The Hall–Kier alpha value is -8.83. The fourth-order valence-electron chi connectivity index (χ4n) is 10.1. The van der Waals surface area contributed by atoms with Crippen LogP contribution in [0.1, 0.15) is 84.4 Å². The molecule has 444 valence electrons. The number of hydrogen-bond donors (Lipinski definition) is 2. The number of anilines is 2. The molecule has 0 heterocycles. The molecule has 16 heteroatoms. The van der Waals surface area contributed by atoms with Crippen molar-refractivity contribution in [3.05, 3.63) is 248 Å². The Morgan fingerprint density at radius 3 is 1.01 bits per heavy atom. The van der Waals surface area contributed by atoms with E-state index in [4.69, 9.17) is 35.2 Å². The van der Waals surface area contributed by atoms with Gasteiger partial charge in [-0.05, 0) is 221 Å². The normalized spacial score (nSPS) is 14.7. The molecule has 4 unspecified atom stereocenters. The third-order valence-electron chi connectivity index (χ3n) is 16.3. The lowest BCUT2D eigenvalue weighted by molar-refractivity contribution is 0.0524. The van der Waals surface area contributed by atoms with Gasteiger partial charge in [0.2, 0.25) is 29.5 Å². The molecular weight excluding hydrogens is 1140 g/mol. The van der Waals surface area contributed by atoms with Crippen molar-refractivity contribution in [1.29, 1.82) is 0 Å². The first kappa shape index (κ1) is 61.7. The molecular formula is C70H70N2O11S3. The van der Waals surface area contributed by atoms with Crippen LogP contribution in [0.15, 0.2) is 260 Å². The van der Waals surface area contributed by atoms with E-state index in [0.717, 1.165) is 16.7 Å². The van der Waals surface area contributed by atoms with Gasteiger partial charge in [-0.2, -0.15) is 0 Å². The monoisotopic (exact) mass is 1210 g/mol. The number of ether oxygens (including phenoxy) is 5. The predicted molar refractivity (Wildman–Crippen MR) is 337 cm³/mol. The van der Waals surface area contributed by atoms with E-state index in [1.165, 1.54) is 36.4 Å². The number of sulfone groups is 3. The molecule has 4 atom stereocenters. The van der Waals surface area contributed by atoms with Crippen molar-refractivity contribution < 1.29 is 48.9 Å². The first-order valence-corrected chi connectivity index (χ1v) is 32.6. The Kier molecular flexibility index (Phi) is 17.7. The van der Waals surface area contributed by atoms with Gasteiger partial charge in [-0.15, -0.1) is 0 Å². The lowest BCUT2D eigenvalue weighted by Gasteiger charge is -2.44. The van der Waals surface area contributed by atoms with Gasteiger partial charge in [0.1, 0.15) is 57.0 Å². The van der Waals surface area contributed by atoms with Crippen molar-refractivity contribution in [3.8, 4) is 40.2 Å². The van der Waals surface area contributed by atoms with E-state index < -0.39 is 51.7 Å². The first-order chi connectivity index (χ1) is 40.9. The third kappa shape index (κ3) is 12.9. The van der Waals surface area contributed by atoms with Crippen LogP contribution in [0.25, 0.3) is 0 Å². The smallest absolute Gasteiger partial charge is 0.206 e. The van der Waals surface area contributed by atoms with Gasteiger partial charge in [0, 0.05) is 28.9 Å². The van der Waals surface area contributed by atoms with Crippen molar-refractivity contribution >= 4 is 40.9 Å². The van der Waals surface area contributed by atoms with Crippen LogP contribution in [-0.4, -0.2) is 30.9 Å². The van der Waals surface area contributed by atoms with E-state index in [2.05, 4.69) is 13.5 Å². The van der Waals surface area contributed by atoms with Crippen molar-refractivity contribution in [3.63, 3.8) is 0 Å². The molecule has 0 amide bonds. The molecule has 0 radical (unpaired) electrons. The number of nitrogen functional groups attached to an aromatic ring is 2. The van der Waals surface area contributed by atoms with Crippen molar-refractivity contribution in [2.24, 2.45) is 0 Å². The molecule has 9 rings (SSSR count). The zero-order valence-electron chi connectivity index (χ0n) is 49.1. The highest BCUT2D eigenvalue weighted by Crippen LogP contribution is 2.44. The first-order valence-electron chi connectivity index (χ1n) is 28.1. The molecule has 9 aromatic carbocycles. The standard InChI is InChI=1S/C70H70N2O11S3/c1-9-67(5,70(8,12-4)83-58-27-25-54(26-28-58)79-55-29-41-64(42-30-55)85(75,76)63-39-23-51(24-40-63)69(7,11-3)82-60-18-14-16-53(72)48-60)49-19-35-61(36-20-49)84(73,74)66-45-33-57(34-46-66)81-68(6,10-2)50-21-37-62(38-22-50)86(77,78)65-43-31-56(32-44-65)80-59-17-13-15-52(71)47-59/h12-48H,4,9-11,71-72H2,1-3,5-8H3. The van der Waals surface area contributed by atoms with Crippen LogP contribution < -0.4 is 35.2 Å². The summed E-state index contributed by atoms with van der Waals surface area (Å²) in [5.74, 6) is 3.53. The largest absolute Gasteiger partial charge is 0.483 e. The second kappa shape index (κ2) is 24.6. The second-order valence-corrected chi connectivity index (χ2v) is 27.6. The lowest BCUT2D eigenvalue weighted by atomic mass is 9.67. The average molecular weight is 1210 g/mol. The van der Waals surface area contributed by atoms with Crippen molar-refractivity contribution in [2.45, 2.75) is 119 Å². The molecule has 0 saturated carbocycles. The van der Waals surface area contributed by atoms with Gasteiger partial charge in [0.15, 0.2) is 0 Å². The van der Waals surface area contributed by atoms with E-state index >= 15 is 0 Å². The molecule has 4 N–H and O–H groups in total. The molecule has 86 heavy (non-hydrogen) atoms. The Labute approximate surface area is 505 Å². The van der Waals surface area contributed by atoms with Crippen LogP contribution in [0, 0.1) is 0 Å². The topological polar surface area (TPSA) is 201 Å². The van der Waals surface area contributed by atoms with Gasteiger partial charge in [0.05, 0.1) is 29.4 Å². The quantitative estimate of drug-likeness (QED) is 0.0428. The number of benzene rings is 9. The van der Waals surface area contributed by atoms with E-state index in [1.54, 1.807) is 164 Å². The highest BCUT2D eigenvalue weighted by Gasteiger charge is 2.45. The van der Waals surface area contributed by atoms with Crippen LogP contribution in [0.3, 0.4) is 0 Å². The average Bonchev–Trinajstić information content (AvgIpc) is 1.73. The Morgan fingerprint density at radius 1 is 0.360 bits per heavy atom. The second-order valence-electron chi connectivity index (χ2n) is 21.8. The summed E-state index contributed by atoms with van der Waals surface area (Å²) < 4.78 is 115. The zero-order valence-corrected chi connectivity index (χ0v) is 51.5. The fourth-order valence-corrected chi connectivity index (χ4v) is 13.9. The summed E-state index contributed by atoms with van der Waals surface area (Å²) in [5, 5.41) is 0. The summed E-state index contributed by atoms with van der Waals surface area (Å²) >= 11 is 0. The van der Waals surface area contributed by atoms with Gasteiger partial charge < -0.3 is 35.2 Å². The summed E-state index contributed by atoms with van der Waals surface area (Å²) in [7, 11) is -11.7. The zero-order chi connectivity index (χ0) is 61.7. The highest BCUT2D eigenvalue weighted by atomic mass is 32.2. The number of hydrogen-bond acceptors (Lipinski definition) is 13. The van der Waals surface area contributed by atoms with Crippen molar-refractivity contribution in [1.82, 2.24) is 0 Å². The molecule has 0 fully saturated rings. The molecule has 0 spiro atoms. The lowest BCUT2D eigenvalue weighted by Crippen LogP contribution is -2.50. The molecule has 0 aromatic heterocycles. The van der Waals surface area contributed by atoms with Crippen LogP contribution in [-0.2, 0) is 46.1 Å². The van der Waals surface area contributed by atoms with Gasteiger partial charge in [-0.25, -0.2) is 25.3 Å². The summed E-state index contributed by atoms with van der Waals surface area (Å²) in [6.07, 6.45) is 3.52. The fraction of sp³-hybridized carbons (Fsp3) is 0.200. The summed E-state index contributed by atoms with van der Waals surface area (Å²) in [5.41, 5.74) is 12.1. The maximum atomic E-state index is 14.1. The summed E-state index contributed by atoms with van der Waals surface area (Å²) in [6, 6.07) is 60.1.